The molecule has 0 atom stereocenters. The molecule has 0 saturated heterocycles. The summed E-state index contributed by atoms with van der Waals surface area (Å²) in [7, 11) is -3.13. The molecule has 1 aliphatic heterocycles. The zero-order valence-corrected chi connectivity index (χ0v) is 10.7. The molecule has 0 amide bonds. The van der Waals surface area contributed by atoms with Crippen LogP contribution < -0.4 is 0 Å². The summed E-state index contributed by atoms with van der Waals surface area (Å²) in [6.07, 6.45) is 4.09. The van der Waals surface area contributed by atoms with Gasteiger partial charge in [0.2, 0.25) is 10.0 Å². The van der Waals surface area contributed by atoms with Crippen LogP contribution in [0.3, 0.4) is 0 Å². The third-order valence-electron chi connectivity index (χ3n) is 3.85. The minimum atomic E-state index is -3.13. The Morgan fingerprint density at radius 3 is 2.88 bits per heavy atom. The molecule has 0 spiro atoms. The van der Waals surface area contributed by atoms with Crippen LogP contribution in [0.25, 0.3) is 0 Å². The van der Waals surface area contributed by atoms with Crippen LogP contribution in [-0.4, -0.2) is 29.0 Å². The summed E-state index contributed by atoms with van der Waals surface area (Å²) in [6.45, 7) is 2.91. The van der Waals surface area contributed by atoms with Crippen molar-refractivity contribution in [3.8, 4) is 0 Å². The molecule has 0 aromatic carbocycles. The average molecular weight is 252 g/mol. The molecule has 2 aliphatic rings. The number of aromatic nitrogens is 1. The van der Waals surface area contributed by atoms with Crippen LogP contribution in [0.4, 0.5) is 0 Å². The minimum absolute atomic E-state index is 0.487. The van der Waals surface area contributed by atoms with Gasteiger partial charge in [-0.2, -0.15) is 4.31 Å². The van der Waals surface area contributed by atoms with Crippen molar-refractivity contribution in [2.45, 2.75) is 37.5 Å². The number of hydrogen-bond donors (Lipinski definition) is 0. The first-order chi connectivity index (χ1) is 8.03. The van der Waals surface area contributed by atoms with Gasteiger partial charge in [-0.05, 0) is 31.4 Å². The molecule has 4 nitrogen and oxygen atoms in total. The minimum Gasteiger partial charge on any atom is -0.261 e. The lowest BCUT2D eigenvalue weighted by Crippen LogP contribution is -2.42. The van der Waals surface area contributed by atoms with Crippen LogP contribution in [-0.2, 0) is 23.0 Å². The smallest absolute Gasteiger partial charge is 0.219 e. The predicted octanol–water partition coefficient (Wildman–Crippen LogP) is 1.32. The maximum Gasteiger partial charge on any atom is 0.219 e. The normalized spacial score (nSPS) is 23.1. The number of rotatable bonds is 2. The van der Waals surface area contributed by atoms with Gasteiger partial charge in [0, 0.05) is 31.4 Å². The summed E-state index contributed by atoms with van der Waals surface area (Å²) in [4.78, 5) is 4.29. The van der Waals surface area contributed by atoms with E-state index in [0.29, 0.717) is 13.1 Å². The van der Waals surface area contributed by atoms with Crippen molar-refractivity contribution in [1.29, 1.82) is 0 Å². The molecule has 5 heteroatoms. The Kier molecular flexibility index (Phi) is 2.32. The molecule has 17 heavy (non-hydrogen) atoms. The first-order valence-corrected chi connectivity index (χ1v) is 7.39. The molecule has 1 saturated carbocycles. The first kappa shape index (κ1) is 11.2. The molecular weight excluding hydrogens is 236 g/mol. The third kappa shape index (κ3) is 1.68. The molecule has 1 aromatic rings. The fraction of sp³-hybridized carbons (Fsp3) is 0.583. The van der Waals surface area contributed by atoms with E-state index in [4.69, 9.17) is 0 Å². The number of sulfonamides is 1. The Bertz CT molecular complexity index is 549. The molecule has 1 aliphatic carbocycles. The molecule has 0 radical (unpaired) electrons. The van der Waals surface area contributed by atoms with Crippen LogP contribution in [0.15, 0.2) is 18.3 Å². The SMILES string of the molecule is CC1(S(=O)(=O)N2CCc3ncccc3C2)CC1. The van der Waals surface area contributed by atoms with Gasteiger partial charge in [-0.3, -0.25) is 4.98 Å². The van der Waals surface area contributed by atoms with E-state index in [0.717, 1.165) is 30.5 Å². The van der Waals surface area contributed by atoms with Gasteiger partial charge in [-0.15, -0.1) is 0 Å². The number of hydrogen-bond acceptors (Lipinski definition) is 3. The third-order valence-corrected chi connectivity index (χ3v) is 6.49. The lowest BCUT2D eigenvalue weighted by Gasteiger charge is -2.29. The highest BCUT2D eigenvalue weighted by atomic mass is 32.2. The van der Waals surface area contributed by atoms with Crippen LogP contribution in [0.2, 0.25) is 0 Å². The van der Waals surface area contributed by atoms with Crippen molar-refractivity contribution in [3.05, 3.63) is 29.6 Å². The molecule has 1 fully saturated rings. The maximum atomic E-state index is 12.4. The highest BCUT2D eigenvalue weighted by Gasteiger charge is 2.52. The number of pyridine rings is 1. The van der Waals surface area contributed by atoms with E-state index in [-0.39, 0.29) is 0 Å². The highest BCUT2D eigenvalue weighted by Crippen LogP contribution is 2.45. The van der Waals surface area contributed by atoms with Crippen molar-refractivity contribution in [2.75, 3.05) is 6.54 Å². The van der Waals surface area contributed by atoms with Crippen LogP contribution in [0.5, 0.6) is 0 Å². The zero-order chi connectivity index (χ0) is 12.1. The monoisotopic (exact) mass is 252 g/mol. The van der Waals surface area contributed by atoms with Crippen LogP contribution >= 0.6 is 0 Å². The van der Waals surface area contributed by atoms with E-state index < -0.39 is 14.8 Å². The van der Waals surface area contributed by atoms with E-state index in [1.165, 1.54) is 0 Å². The average Bonchev–Trinajstić information content (AvgIpc) is 3.08. The summed E-state index contributed by atoms with van der Waals surface area (Å²) < 4.78 is 25.9. The van der Waals surface area contributed by atoms with Gasteiger partial charge in [0.25, 0.3) is 0 Å². The molecular formula is C12H16N2O2S. The second-order valence-corrected chi connectivity index (χ2v) is 7.60. The van der Waals surface area contributed by atoms with Crippen molar-refractivity contribution >= 4 is 10.0 Å². The molecule has 2 heterocycles. The Morgan fingerprint density at radius 2 is 2.18 bits per heavy atom. The Labute approximate surface area is 102 Å². The van der Waals surface area contributed by atoms with Crippen LogP contribution in [0.1, 0.15) is 31.0 Å². The van der Waals surface area contributed by atoms with E-state index in [1.807, 2.05) is 19.1 Å². The molecule has 92 valence electrons. The molecule has 0 N–H and O–H groups in total. The highest BCUT2D eigenvalue weighted by molar-refractivity contribution is 7.90. The molecule has 0 bridgehead atoms. The lowest BCUT2D eigenvalue weighted by atomic mass is 10.1. The molecule has 0 unspecified atom stereocenters. The summed E-state index contributed by atoms with van der Waals surface area (Å²) in [5.74, 6) is 0. The van der Waals surface area contributed by atoms with Crippen molar-refractivity contribution in [3.63, 3.8) is 0 Å². The quantitative estimate of drug-likeness (QED) is 0.797. The predicted molar refractivity (Wildman–Crippen MR) is 64.9 cm³/mol. The Hall–Kier alpha value is -0.940. The molecule has 3 rings (SSSR count). The fourth-order valence-corrected chi connectivity index (χ4v) is 4.17. The van der Waals surface area contributed by atoms with Gasteiger partial charge in [0.1, 0.15) is 0 Å². The van der Waals surface area contributed by atoms with E-state index in [9.17, 15) is 8.42 Å². The summed E-state index contributed by atoms with van der Waals surface area (Å²) in [6, 6.07) is 3.84. The Balaban J connectivity index is 1.90. The standard InChI is InChI=1S/C12H16N2O2S/c1-12(5-6-12)17(15,16)14-8-4-11-10(9-14)3-2-7-13-11/h2-3,7H,4-6,8-9H2,1H3. The van der Waals surface area contributed by atoms with Gasteiger partial charge in [0.05, 0.1) is 4.75 Å². The topological polar surface area (TPSA) is 50.3 Å². The van der Waals surface area contributed by atoms with E-state index in [2.05, 4.69) is 4.98 Å². The fourth-order valence-electron chi connectivity index (χ4n) is 2.29. The van der Waals surface area contributed by atoms with Crippen LogP contribution in [0, 0.1) is 0 Å². The summed E-state index contributed by atoms with van der Waals surface area (Å²) >= 11 is 0. The van der Waals surface area contributed by atoms with E-state index in [1.54, 1.807) is 10.5 Å². The van der Waals surface area contributed by atoms with Gasteiger partial charge >= 0.3 is 0 Å². The summed E-state index contributed by atoms with van der Waals surface area (Å²) in [5, 5.41) is 0. The first-order valence-electron chi connectivity index (χ1n) is 5.95. The van der Waals surface area contributed by atoms with Gasteiger partial charge in [0.15, 0.2) is 0 Å². The number of fused-ring (bicyclic) bond motifs is 1. The number of nitrogens with zero attached hydrogens (tertiary/aromatic N) is 2. The van der Waals surface area contributed by atoms with Gasteiger partial charge in [-0.25, -0.2) is 8.42 Å². The van der Waals surface area contributed by atoms with Crippen molar-refractivity contribution in [1.82, 2.24) is 9.29 Å². The van der Waals surface area contributed by atoms with Crippen molar-refractivity contribution < 1.29 is 8.42 Å². The van der Waals surface area contributed by atoms with Gasteiger partial charge in [-0.1, -0.05) is 6.07 Å². The summed E-state index contributed by atoms with van der Waals surface area (Å²) in [5.41, 5.74) is 2.09. The van der Waals surface area contributed by atoms with E-state index >= 15 is 0 Å². The van der Waals surface area contributed by atoms with Crippen molar-refractivity contribution in [2.24, 2.45) is 0 Å². The molecule has 1 aromatic heterocycles. The second-order valence-electron chi connectivity index (χ2n) is 5.15. The maximum absolute atomic E-state index is 12.4. The largest absolute Gasteiger partial charge is 0.261 e. The van der Waals surface area contributed by atoms with Gasteiger partial charge < -0.3 is 0 Å². The lowest BCUT2D eigenvalue weighted by molar-refractivity contribution is 0.381. The Morgan fingerprint density at radius 1 is 1.41 bits per heavy atom. The second kappa shape index (κ2) is 3.53. The zero-order valence-electron chi connectivity index (χ0n) is 9.89.